The molecule has 1 aromatic heterocycles. The summed E-state index contributed by atoms with van der Waals surface area (Å²) in [4.78, 5) is 21.2. The van der Waals surface area contributed by atoms with E-state index in [2.05, 4.69) is 4.98 Å². The van der Waals surface area contributed by atoms with Gasteiger partial charge in [0, 0.05) is 25.8 Å². The number of hydrogen-bond donors (Lipinski definition) is 0. The molecule has 0 radical (unpaired) electrons. The molecule has 3 heterocycles. The van der Waals surface area contributed by atoms with Gasteiger partial charge in [0.05, 0.1) is 30.3 Å². The van der Waals surface area contributed by atoms with Crippen LogP contribution in [0.2, 0.25) is 0 Å². The summed E-state index contributed by atoms with van der Waals surface area (Å²) >= 11 is 0. The van der Waals surface area contributed by atoms with Crippen LogP contribution in [0.25, 0.3) is 0 Å². The second-order valence-corrected chi connectivity index (χ2v) is 8.06. The summed E-state index contributed by atoms with van der Waals surface area (Å²) in [6, 6.07) is 9.67. The van der Waals surface area contributed by atoms with Gasteiger partial charge in [-0.15, -0.1) is 0 Å². The second-order valence-electron chi connectivity index (χ2n) is 8.06. The van der Waals surface area contributed by atoms with Crippen LogP contribution < -0.4 is 4.74 Å². The van der Waals surface area contributed by atoms with Crippen LogP contribution in [-0.4, -0.2) is 47.4 Å². The van der Waals surface area contributed by atoms with Crippen molar-refractivity contribution in [1.29, 1.82) is 0 Å². The van der Waals surface area contributed by atoms with Gasteiger partial charge in [-0.2, -0.15) is 13.2 Å². The lowest BCUT2D eigenvalue weighted by molar-refractivity contribution is -0.139. The monoisotopic (exact) mass is 419 g/mol. The first-order valence-electron chi connectivity index (χ1n) is 9.96. The Morgan fingerprint density at radius 1 is 1.13 bits per heavy atom. The van der Waals surface area contributed by atoms with E-state index in [4.69, 9.17) is 4.74 Å². The number of rotatable bonds is 5. The third-order valence-corrected chi connectivity index (χ3v) is 6.13. The van der Waals surface area contributed by atoms with E-state index in [9.17, 15) is 18.0 Å². The standard InChI is InChI=1S/C22H24F3N3O2/c1-30-18-6-5-16(19(12-18)22(23,24)25)13-27-10-7-21(15-27)8-11-28(20(21)29)14-17-4-2-3-9-26-17/h2-6,9,12H,7-8,10-11,13-15H2,1H3. The lowest BCUT2D eigenvalue weighted by Crippen LogP contribution is -2.36. The first-order valence-corrected chi connectivity index (χ1v) is 9.96. The van der Waals surface area contributed by atoms with E-state index in [1.165, 1.54) is 13.2 Å². The number of alkyl halides is 3. The predicted molar refractivity (Wildman–Crippen MR) is 105 cm³/mol. The van der Waals surface area contributed by atoms with E-state index < -0.39 is 17.2 Å². The van der Waals surface area contributed by atoms with Crippen LogP contribution in [0.5, 0.6) is 5.75 Å². The molecule has 2 saturated heterocycles. The molecule has 160 valence electrons. The van der Waals surface area contributed by atoms with Crippen LogP contribution in [-0.2, 0) is 24.1 Å². The zero-order chi connectivity index (χ0) is 21.4. The summed E-state index contributed by atoms with van der Waals surface area (Å²) in [6.45, 7) is 2.37. The minimum atomic E-state index is -4.45. The van der Waals surface area contributed by atoms with Gasteiger partial charge < -0.3 is 9.64 Å². The molecule has 1 aromatic carbocycles. The Balaban J connectivity index is 1.46. The summed E-state index contributed by atoms with van der Waals surface area (Å²) < 4.78 is 45.5. The Morgan fingerprint density at radius 2 is 1.93 bits per heavy atom. The summed E-state index contributed by atoms with van der Waals surface area (Å²) in [7, 11) is 1.35. The van der Waals surface area contributed by atoms with Gasteiger partial charge in [-0.3, -0.25) is 14.7 Å². The van der Waals surface area contributed by atoms with Crippen LogP contribution in [0.4, 0.5) is 13.2 Å². The fraction of sp³-hybridized carbons (Fsp3) is 0.455. The van der Waals surface area contributed by atoms with Gasteiger partial charge in [0.1, 0.15) is 5.75 Å². The second kappa shape index (κ2) is 7.91. The molecule has 1 atom stereocenters. The van der Waals surface area contributed by atoms with Crippen molar-refractivity contribution in [3.63, 3.8) is 0 Å². The number of methoxy groups -OCH3 is 1. The number of carbonyl (C=O) groups is 1. The highest BCUT2D eigenvalue weighted by Crippen LogP contribution is 2.42. The number of aromatic nitrogens is 1. The van der Waals surface area contributed by atoms with Gasteiger partial charge in [-0.25, -0.2) is 0 Å². The number of benzene rings is 1. The summed E-state index contributed by atoms with van der Waals surface area (Å²) in [5.41, 5.74) is -0.140. The van der Waals surface area contributed by atoms with Crippen molar-refractivity contribution in [2.75, 3.05) is 26.7 Å². The molecule has 4 rings (SSSR count). The molecule has 0 saturated carbocycles. The minimum absolute atomic E-state index is 0.0847. The van der Waals surface area contributed by atoms with Crippen molar-refractivity contribution in [3.05, 3.63) is 59.4 Å². The highest BCUT2D eigenvalue weighted by Gasteiger charge is 2.50. The predicted octanol–water partition coefficient (Wildman–Crippen LogP) is 3.73. The number of likely N-dealkylation sites (tertiary alicyclic amines) is 2. The van der Waals surface area contributed by atoms with Crippen LogP contribution in [0.15, 0.2) is 42.6 Å². The molecular formula is C22H24F3N3O2. The number of hydrogen-bond acceptors (Lipinski definition) is 4. The highest BCUT2D eigenvalue weighted by molar-refractivity contribution is 5.85. The van der Waals surface area contributed by atoms with Crippen molar-refractivity contribution in [2.24, 2.45) is 5.41 Å². The Bertz CT molecular complexity index is 920. The first-order chi connectivity index (χ1) is 14.3. The van der Waals surface area contributed by atoms with Crippen molar-refractivity contribution in [1.82, 2.24) is 14.8 Å². The van der Waals surface area contributed by atoms with E-state index >= 15 is 0 Å². The van der Waals surface area contributed by atoms with Crippen molar-refractivity contribution in [2.45, 2.75) is 32.1 Å². The van der Waals surface area contributed by atoms with E-state index in [1.54, 1.807) is 12.3 Å². The third kappa shape index (κ3) is 4.01. The quantitative estimate of drug-likeness (QED) is 0.741. The molecule has 2 aromatic rings. The molecule has 0 bridgehead atoms. The summed E-state index contributed by atoms with van der Waals surface area (Å²) in [6.07, 6.45) is -1.36. The van der Waals surface area contributed by atoms with Crippen LogP contribution in [0.3, 0.4) is 0 Å². The average Bonchev–Trinajstić information content (AvgIpc) is 3.27. The number of ether oxygens (including phenoxy) is 1. The zero-order valence-electron chi connectivity index (χ0n) is 16.8. The Hall–Kier alpha value is -2.61. The summed E-state index contributed by atoms with van der Waals surface area (Å²) in [5.74, 6) is 0.265. The van der Waals surface area contributed by atoms with Gasteiger partial charge in [0.2, 0.25) is 5.91 Å². The highest BCUT2D eigenvalue weighted by atomic mass is 19.4. The first kappa shape index (κ1) is 20.7. The molecule has 8 heteroatoms. The SMILES string of the molecule is COc1ccc(CN2CCC3(CCN(Cc4ccccn4)C3=O)C2)c(C(F)(F)F)c1. The van der Waals surface area contributed by atoms with Crippen molar-refractivity contribution in [3.8, 4) is 5.75 Å². The molecule has 2 aliphatic heterocycles. The lowest BCUT2D eigenvalue weighted by atomic mass is 9.85. The maximum atomic E-state index is 13.5. The molecule has 1 unspecified atom stereocenters. The molecular weight excluding hydrogens is 395 g/mol. The number of nitrogens with zero attached hydrogens (tertiary/aromatic N) is 3. The molecule has 2 aliphatic rings. The van der Waals surface area contributed by atoms with Gasteiger partial charge in [-0.05, 0) is 49.2 Å². The largest absolute Gasteiger partial charge is 0.497 e. The Kier molecular flexibility index (Phi) is 5.44. The van der Waals surface area contributed by atoms with Gasteiger partial charge in [0.15, 0.2) is 0 Å². The van der Waals surface area contributed by atoms with E-state index in [0.29, 0.717) is 32.6 Å². The van der Waals surface area contributed by atoms with Crippen LogP contribution in [0.1, 0.15) is 29.7 Å². The average molecular weight is 419 g/mol. The number of pyridine rings is 1. The summed E-state index contributed by atoms with van der Waals surface area (Å²) in [5, 5.41) is 0. The fourth-order valence-corrected chi connectivity index (χ4v) is 4.53. The van der Waals surface area contributed by atoms with Crippen LogP contribution >= 0.6 is 0 Å². The molecule has 2 fully saturated rings. The Morgan fingerprint density at radius 3 is 2.63 bits per heavy atom. The number of halogens is 3. The minimum Gasteiger partial charge on any atom is -0.497 e. The lowest BCUT2D eigenvalue weighted by Gasteiger charge is -2.24. The molecule has 1 spiro atoms. The smallest absolute Gasteiger partial charge is 0.416 e. The number of carbonyl (C=O) groups excluding carboxylic acids is 1. The van der Waals surface area contributed by atoms with E-state index in [0.717, 1.165) is 18.2 Å². The molecule has 1 amide bonds. The van der Waals surface area contributed by atoms with Crippen molar-refractivity contribution >= 4 is 5.91 Å². The van der Waals surface area contributed by atoms with E-state index in [1.807, 2.05) is 28.0 Å². The van der Waals surface area contributed by atoms with E-state index in [-0.39, 0.29) is 23.8 Å². The topological polar surface area (TPSA) is 45.7 Å². The molecule has 5 nitrogen and oxygen atoms in total. The van der Waals surface area contributed by atoms with Crippen molar-refractivity contribution < 1.29 is 22.7 Å². The van der Waals surface area contributed by atoms with Gasteiger partial charge in [-0.1, -0.05) is 12.1 Å². The van der Waals surface area contributed by atoms with Gasteiger partial charge >= 0.3 is 6.18 Å². The Labute approximate surface area is 173 Å². The fourth-order valence-electron chi connectivity index (χ4n) is 4.53. The molecule has 0 aliphatic carbocycles. The van der Waals surface area contributed by atoms with Crippen LogP contribution in [0, 0.1) is 5.41 Å². The molecule has 0 N–H and O–H groups in total. The van der Waals surface area contributed by atoms with Gasteiger partial charge in [0.25, 0.3) is 0 Å². The zero-order valence-corrected chi connectivity index (χ0v) is 16.8. The maximum Gasteiger partial charge on any atom is 0.416 e. The third-order valence-electron chi connectivity index (χ3n) is 6.13. The maximum absolute atomic E-state index is 13.5. The molecule has 30 heavy (non-hydrogen) atoms. The number of amides is 1. The normalized spacial score (nSPS) is 22.3.